The monoisotopic (exact) mass is 244 g/mol. The molecule has 0 aromatic heterocycles. The molecule has 0 heterocycles. The molecule has 0 radical (unpaired) electrons. The first-order chi connectivity index (χ1) is 7.70. The summed E-state index contributed by atoms with van der Waals surface area (Å²) in [6.07, 6.45) is 11.1. The lowest BCUT2D eigenvalue weighted by Gasteiger charge is -2.40. The molecule has 2 heteroatoms. The Hall–Kier alpha value is 0.177. The van der Waals surface area contributed by atoms with Gasteiger partial charge in [0.05, 0.1) is 0 Å². The highest BCUT2D eigenvalue weighted by atomic mass is 28.2. The Morgan fingerprint density at radius 2 is 1.50 bits per heavy atom. The summed E-state index contributed by atoms with van der Waals surface area (Å²) in [4.78, 5) is 0. The second-order valence-electron chi connectivity index (χ2n) is 5.06. The van der Waals surface area contributed by atoms with E-state index < -0.39 is 0 Å². The van der Waals surface area contributed by atoms with Crippen LogP contribution in [0, 0.1) is 5.41 Å². The van der Waals surface area contributed by atoms with Gasteiger partial charge in [0.15, 0.2) is 0 Å². The van der Waals surface area contributed by atoms with Crippen LogP contribution in [0.1, 0.15) is 79.1 Å². The fourth-order valence-electron chi connectivity index (χ4n) is 2.94. The standard InChI is InChI=1S/C14H32OSi/c1-5-9-11-14(8-4,12-10-6-2)13(7-3)15-16/h13H,5-12H2,1-4,16H3. The molecule has 0 fully saturated rings. The normalized spacial score (nSPS) is 14.2. The lowest BCUT2D eigenvalue weighted by Crippen LogP contribution is -2.36. The van der Waals surface area contributed by atoms with E-state index in [1.54, 1.807) is 0 Å². The van der Waals surface area contributed by atoms with E-state index in [9.17, 15) is 0 Å². The average molecular weight is 244 g/mol. The molecule has 0 aromatic rings. The largest absolute Gasteiger partial charge is 0.425 e. The Labute approximate surface area is 106 Å². The number of hydrogen-bond donors (Lipinski definition) is 0. The first-order valence-electron chi connectivity index (χ1n) is 7.23. The summed E-state index contributed by atoms with van der Waals surface area (Å²) in [6, 6.07) is 0. The zero-order valence-electron chi connectivity index (χ0n) is 12.1. The molecule has 0 aliphatic heterocycles. The third-order valence-electron chi connectivity index (χ3n) is 4.10. The van der Waals surface area contributed by atoms with Gasteiger partial charge in [-0.15, -0.1) is 0 Å². The van der Waals surface area contributed by atoms with Crippen molar-refractivity contribution in [2.75, 3.05) is 0 Å². The molecular formula is C14H32OSi. The van der Waals surface area contributed by atoms with Crippen molar-refractivity contribution in [3.63, 3.8) is 0 Å². The molecule has 0 N–H and O–H groups in total. The van der Waals surface area contributed by atoms with Crippen molar-refractivity contribution in [1.82, 2.24) is 0 Å². The molecule has 16 heavy (non-hydrogen) atoms. The summed E-state index contributed by atoms with van der Waals surface area (Å²) >= 11 is 0. The molecule has 0 amide bonds. The van der Waals surface area contributed by atoms with Gasteiger partial charge in [-0.05, 0) is 31.1 Å². The average Bonchev–Trinajstić information content (AvgIpc) is 2.33. The second-order valence-corrected chi connectivity index (χ2v) is 5.53. The molecule has 0 aliphatic rings. The predicted molar refractivity (Wildman–Crippen MR) is 76.9 cm³/mol. The van der Waals surface area contributed by atoms with Gasteiger partial charge in [-0.3, -0.25) is 0 Å². The third-order valence-corrected chi connectivity index (χ3v) is 4.67. The maximum Gasteiger partial charge on any atom is 0.146 e. The fraction of sp³-hybridized carbons (Fsp3) is 1.00. The van der Waals surface area contributed by atoms with Crippen molar-refractivity contribution < 1.29 is 4.43 Å². The highest BCUT2D eigenvalue weighted by Crippen LogP contribution is 2.40. The van der Waals surface area contributed by atoms with Gasteiger partial charge in [0.25, 0.3) is 0 Å². The molecule has 0 rings (SSSR count). The number of rotatable bonds is 10. The van der Waals surface area contributed by atoms with E-state index in [0.29, 0.717) is 11.5 Å². The summed E-state index contributed by atoms with van der Waals surface area (Å²) in [7, 11) is 0.885. The number of unbranched alkanes of at least 4 members (excludes halogenated alkanes) is 2. The van der Waals surface area contributed by atoms with Crippen LogP contribution >= 0.6 is 0 Å². The lowest BCUT2D eigenvalue weighted by atomic mass is 9.71. The molecule has 1 unspecified atom stereocenters. The molecule has 0 spiro atoms. The van der Waals surface area contributed by atoms with E-state index in [4.69, 9.17) is 4.43 Å². The van der Waals surface area contributed by atoms with Crippen LogP contribution in [-0.4, -0.2) is 16.6 Å². The maximum absolute atomic E-state index is 5.89. The van der Waals surface area contributed by atoms with Gasteiger partial charge < -0.3 is 4.43 Å². The molecule has 0 saturated carbocycles. The van der Waals surface area contributed by atoms with Gasteiger partial charge in [0.1, 0.15) is 10.5 Å². The molecule has 1 atom stereocenters. The van der Waals surface area contributed by atoms with Crippen molar-refractivity contribution in [3.8, 4) is 0 Å². The van der Waals surface area contributed by atoms with Crippen molar-refractivity contribution in [3.05, 3.63) is 0 Å². The third kappa shape index (κ3) is 4.58. The Balaban J connectivity index is 4.62. The van der Waals surface area contributed by atoms with Crippen LogP contribution in [0.2, 0.25) is 0 Å². The lowest BCUT2D eigenvalue weighted by molar-refractivity contribution is 0.0264. The van der Waals surface area contributed by atoms with Crippen LogP contribution < -0.4 is 0 Å². The zero-order chi connectivity index (χ0) is 12.4. The summed E-state index contributed by atoms with van der Waals surface area (Å²) in [5.41, 5.74) is 0.475. The van der Waals surface area contributed by atoms with Gasteiger partial charge >= 0.3 is 0 Å². The minimum Gasteiger partial charge on any atom is -0.425 e. The fourth-order valence-corrected chi connectivity index (χ4v) is 3.77. The Kier molecular flexibility index (Phi) is 9.33. The van der Waals surface area contributed by atoms with Crippen molar-refractivity contribution in [1.29, 1.82) is 0 Å². The smallest absolute Gasteiger partial charge is 0.146 e. The Bertz CT molecular complexity index is 147. The van der Waals surface area contributed by atoms with Crippen LogP contribution in [0.5, 0.6) is 0 Å². The second kappa shape index (κ2) is 9.23. The molecule has 1 nitrogen and oxygen atoms in total. The van der Waals surface area contributed by atoms with Crippen LogP contribution in [0.4, 0.5) is 0 Å². The van der Waals surface area contributed by atoms with Crippen LogP contribution in [0.15, 0.2) is 0 Å². The molecule has 98 valence electrons. The predicted octanol–water partition coefficient (Wildman–Crippen LogP) is 3.84. The minimum absolute atomic E-state index is 0.475. The quantitative estimate of drug-likeness (QED) is 0.531. The van der Waals surface area contributed by atoms with E-state index in [1.165, 1.54) is 51.4 Å². The molecule has 0 aromatic carbocycles. The number of hydrogen-bond acceptors (Lipinski definition) is 1. The summed E-state index contributed by atoms with van der Waals surface area (Å²) in [5, 5.41) is 0. The van der Waals surface area contributed by atoms with Gasteiger partial charge in [-0.1, -0.05) is 53.4 Å². The van der Waals surface area contributed by atoms with Crippen LogP contribution in [0.3, 0.4) is 0 Å². The van der Waals surface area contributed by atoms with Gasteiger partial charge in [0.2, 0.25) is 0 Å². The first-order valence-corrected chi connectivity index (χ1v) is 8.05. The highest BCUT2D eigenvalue weighted by molar-refractivity contribution is 5.98. The Morgan fingerprint density at radius 3 is 1.75 bits per heavy atom. The van der Waals surface area contributed by atoms with Crippen molar-refractivity contribution in [2.24, 2.45) is 5.41 Å². The highest BCUT2D eigenvalue weighted by Gasteiger charge is 2.34. The molecule has 0 aliphatic carbocycles. The van der Waals surface area contributed by atoms with Crippen LogP contribution in [0.25, 0.3) is 0 Å². The van der Waals surface area contributed by atoms with E-state index in [-0.39, 0.29) is 0 Å². The van der Waals surface area contributed by atoms with Gasteiger partial charge in [0, 0.05) is 6.10 Å². The van der Waals surface area contributed by atoms with E-state index in [2.05, 4.69) is 27.7 Å². The van der Waals surface area contributed by atoms with E-state index in [1.807, 2.05) is 0 Å². The van der Waals surface area contributed by atoms with Gasteiger partial charge in [-0.2, -0.15) is 0 Å². The van der Waals surface area contributed by atoms with E-state index >= 15 is 0 Å². The van der Waals surface area contributed by atoms with Crippen molar-refractivity contribution in [2.45, 2.75) is 85.2 Å². The van der Waals surface area contributed by atoms with E-state index in [0.717, 1.165) is 10.5 Å². The first kappa shape index (κ1) is 16.2. The maximum atomic E-state index is 5.89. The van der Waals surface area contributed by atoms with Gasteiger partial charge in [-0.25, -0.2) is 0 Å². The summed E-state index contributed by atoms with van der Waals surface area (Å²) in [5.74, 6) is 0. The summed E-state index contributed by atoms with van der Waals surface area (Å²) < 4.78 is 5.89. The molecule has 0 saturated heterocycles. The molecular weight excluding hydrogens is 212 g/mol. The summed E-state index contributed by atoms with van der Waals surface area (Å²) in [6.45, 7) is 9.23. The SMILES string of the molecule is CCCCC(CC)(CCCC)C(CC)O[SiH3]. The topological polar surface area (TPSA) is 9.23 Å². The molecule has 0 bridgehead atoms. The zero-order valence-corrected chi connectivity index (χ0v) is 14.1. The van der Waals surface area contributed by atoms with Crippen molar-refractivity contribution >= 4 is 10.5 Å². The minimum atomic E-state index is 0.475. The Morgan fingerprint density at radius 1 is 1.00 bits per heavy atom. The van der Waals surface area contributed by atoms with Crippen LogP contribution in [-0.2, 0) is 4.43 Å².